The Hall–Kier alpha value is -6.64. The van der Waals surface area contributed by atoms with Gasteiger partial charge in [-0.1, -0.05) is 207 Å². The maximum Gasteiger partial charge on any atom is 0.295 e. The first kappa shape index (κ1) is 54.2. The quantitative estimate of drug-likeness (QED) is 0.132. The first-order chi connectivity index (χ1) is 35.1. The summed E-state index contributed by atoms with van der Waals surface area (Å²) in [5.74, 6) is 0. The molecule has 0 aliphatic carbocycles. The van der Waals surface area contributed by atoms with E-state index in [1.165, 1.54) is 22.3 Å². The van der Waals surface area contributed by atoms with Crippen LogP contribution in [-0.2, 0) is 32.5 Å². The molecule has 392 valence electrons. The van der Waals surface area contributed by atoms with Crippen molar-refractivity contribution in [2.24, 2.45) is 0 Å². The van der Waals surface area contributed by atoms with Crippen LogP contribution in [0.3, 0.4) is 0 Å². The predicted molar refractivity (Wildman–Crippen MR) is 327 cm³/mol. The number of H-pyrrole nitrogens is 2. The Morgan fingerprint density at radius 1 is 0.382 bits per heavy atom. The Bertz CT molecular complexity index is 3630. The zero-order valence-electron chi connectivity index (χ0n) is 48.1. The zero-order valence-corrected chi connectivity index (χ0v) is 49.7. The normalized spacial score (nSPS) is 13.5. The summed E-state index contributed by atoms with van der Waals surface area (Å²) < 4.78 is 0.972. The minimum atomic E-state index is -0.242. The molecule has 0 saturated carbocycles. The van der Waals surface area contributed by atoms with Crippen molar-refractivity contribution in [2.75, 3.05) is 0 Å². The zero-order chi connectivity index (χ0) is 55.4. The standard InChI is InChI=1S/C68H76BrN5O2/c1-63(2,3)43-29-40(30-44(35-43)64(4,5)6)59-52-25-23-50(70-52)58(39-19-21-49(69)22-20-39)51-24-26-54(71-51)60(41-31-45(65(7,8)9)36-46(32-41)66(10,11)12)56-38-57(74(75)76)62(73-56)61(55-28-27-53(59)72-55)42-33-47(67(13,14)15)37-48(34-42)68(16,17)18/h19-38,71,73H,1-18H3. The molecule has 0 saturated heterocycles. The molecule has 3 aromatic heterocycles. The molecule has 0 fully saturated rings. The highest BCUT2D eigenvalue weighted by atomic mass is 79.9. The highest BCUT2D eigenvalue weighted by Gasteiger charge is 2.30. The summed E-state index contributed by atoms with van der Waals surface area (Å²) in [6.45, 7) is 40.3. The Kier molecular flexibility index (Phi) is 13.4. The van der Waals surface area contributed by atoms with Crippen molar-refractivity contribution in [2.45, 2.75) is 157 Å². The van der Waals surface area contributed by atoms with E-state index < -0.39 is 0 Å². The number of halogens is 1. The van der Waals surface area contributed by atoms with Crippen molar-refractivity contribution in [3.8, 4) is 44.5 Å². The minimum Gasteiger partial charge on any atom is -0.354 e. The lowest BCUT2D eigenvalue weighted by molar-refractivity contribution is -0.382. The largest absolute Gasteiger partial charge is 0.354 e. The van der Waals surface area contributed by atoms with E-state index in [4.69, 9.17) is 9.97 Å². The van der Waals surface area contributed by atoms with Gasteiger partial charge in [-0.25, -0.2) is 9.97 Å². The second-order valence-corrected chi connectivity index (χ2v) is 28.2. The SMILES string of the molecule is CC(C)(C)c1cc(-c2c3nc(c(-c4ccc(Br)cc4)c4ccc([nH]4)c(-c4cc(C(C)(C)C)cc(C(C)(C)C)c4)c4cc([N+](=O)[O-])c([nH]4)c(-c4cc(C(C)(C)C)cc(C(C)(C)C)c4)c4nc2C=C4)C=C3)cc(C(C)(C)C)c1. The molecule has 0 unspecified atom stereocenters. The number of hydrogen-bond acceptors (Lipinski definition) is 4. The van der Waals surface area contributed by atoms with Gasteiger partial charge in [-0.05, 0) is 137 Å². The molecule has 0 atom stereocenters. The highest BCUT2D eigenvalue weighted by molar-refractivity contribution is 9.10. The predicted octanol–water partition coefficient (Wildman–Crippen LogP) is 19.8. The van der Waals surface area contributed by atoms with Gasteiger partial charge in [-0.3, -0.25) is 10.1 Å². The summed E-state index contributed by atoms with van der Waals surface area (Å²) in [6.07, 6.45) is 8.37. The monoisotopic (exact) mass is 1070 g/mol. The molecule has 2 aliphatic heterocycles. The van der Waals surface area contributed by atoms with E-state index in [0.717, 1.165) is 82.7 Å². The minimum absolute atomic E-state index is 0.0365. The number of aromatic nitrogens is 4. The molecule has 2 N–H and O–H groups in total. The molecular weight excluding hydrogens is 999 g/mol. The van der Waals surface area contributed by atoms with E-state index in [-0.39, 0.29) is 43.1 Å². The van der Waals surface area contributed by atoms with Crippen LogP contribution >= 0.6 is 15.9 Å². The van der Waals surface area contributed by atoms with E-state index in [1.807, 2.05) is 6.08 Å². The fraction of sp³-hybridized carbons (Fsp3) is 0.353. The van der Waals surface area contributed by atoms with Crippen molar-refractivity contribution in [3.05, 3.63) is 168 Å². The maximum atomic E-state index is 14.0. The summed E-state index contributed by atoms with van der Waals surface area (Å²) in [6, 6.07) is 34.8. The van der Waals surface area contributed by atoms with Crippen LogP contribution < -0.4 is 0 Å². The maximum absolute atomic E-state index is 14.0. The number of aromatic amines is 2. The van der Waals surface area contributed by atoms with E-state index in [1.54, 1.807) is 6.07 Å². The molecule has 8 bridgehead atoms. The third kappa shape index (κ3) is 10.7. The summed E-state index contributed by atoms with van der Waals surface area (Å²) in [4.78, 5) is 32.7. The van der Waals surface area contributed by atoms with E-state index in [9.17, 15) is 10.1 Å². The van der Waals surface area contributed by atoms with Gasteiger partial charge in [0, 0.05) is 43.8 Å². The lowest BCUT2D eigenvalue weighted by atomic mass is 9.78. The van der Waals surface area contributed by atoms with Crippen LogP contribution in [0.2, 0.25) is 0 Å². The lowest BCUT2D eigenvalue weighted by Gasteiger charge is -2.26. The molecule has 7 aromatic rings. The Morgan fingerprint density at radius 3 is 1.08 bits per heavy atom. The van der Waals surface area contributed by atoms with Crippen LogP contribution in [0.25, 0.3) is 90.9 Å². The van der Waals surface area contributed by atoms with Crippen LogP contribution in [0.5, 0.6) is 0 Å². The molecule has 0 amide bonds. The molecule has 7 nitrogen and oxygen atoms in total. The van der Waals surface area contributed by atoms with Crippen molar-refractivity contribution < 1.29 is 4.92 Å². The third-order valence-electron chi connectivity index (χ3n) is 15.0. The van der Waals surface area contributed by atoms with Gasteiger partial charge in [-0.2, -0.15) is 0 Å². The van der Waals surface area contributed by atoms with Crippen LogP contribution in [0.4, 0.5) is 5.69 Å². The number of hydrogen-bond donors (Lipinski definition) is 2. The molecule has 9 rings (SSSR count). The molecule has 0 radical (unpaired) electrons. The molecule has 2 aliphatic rings. The molecule has 8 heteroatoms. The number of rotatable bonds is 5. The number of fused-ring (bicyclic) bond motifs is 8. The van der Waals surface area contributed by atoms with Gasteiger partial charge in [0.1, 0.15) is 5.52 Å². The highest BCUT2D eigenvalue weighted by Crippen LogP contribution is 2.45. The van der Waals surface area contributed by atoms with Crippen LogP contribution in [0.1, 0.15) is 181 Å². The first-order valence-electron chi connectivity index (χ1n) is 26.7. The van der Waals surface area contributed by atoms with Crippen molar-refractivity contribution >= 4 is 68.0 Å². The number of nitrogens with one attached hydrogen (secondary N) is 2. The molecule has 76 heavy (non-hydrogen) atoms. The number of benzene rings is 4. The topological polar surface area (TPSA) is 100 Å². The van der Waals surface area contributed by atoms with Gasteiger partial charge in [0.15, 0.2) is 0 Å². The first-order valence-corrected chi connectivity index (χ1v) is 27.5. The Morgan fingerprint density at radius 2 is 0.711 bits per heavy atom. The van der Waals surface area contributed by atoms with E-state index in [0.29, 0.717) is 22.3 Å². The van der Waals surface area contributed by atoms with Gasteiger partial charge < -0.3 is 9.97 Å². The molecule has 5 heterocycles. The lowest BCUT2D eigenvalue weighted by Crippen LogP contribution is -2.16. The average molecular weight is 1080 g/mol. The van der Waals surface area contributed by atoms with Crippen LogP contribution in [-0.4, -0.2) is 24.9 Å². The van der Waals surface area contributed by atoms with Gasteiger partial charge in [0.05, 0.1) is 33.2 Å². The van der Waals surface area contributed by atoms with Gasteiger partial charge in [0.2, 0.25) is 0 Å². The van der Waals surface area contributed by atoms with Crippen molar-refractivity contribution in [1.29, 1.82) is 0 Å². The summed E-state index contributed by atoms with van der Waals surface area (Å²) in [7, 11) is 0. The molecular formula is C68H76BrN5O2. The number of nitro groups is 1. The number of nitrogens with zero attached hydrogens (tertiary/aromatic N) is 3. The fourth-order valence-electron chi connectivity index (χ4n) is 10.2. The smallest absolute Gasteiger partial charge is 0.295 e. The van der Waals surface area contributed by atoms with Gasteiger partial charge in [0.25, 0.3) is 5.69 Å². The molecule has 0 spiro atoms. The second kappa shape index (κ2) is 18.8. The van der Waals surface area contributed by atoms with Gasteiger partial charge >= 0.3 is 0 Å². The van der Waals surface area contributed by atoms with Crippen LogP contribution in [0, 0.1) is 10.1 Å². The van der Waals surface area contributed by atoms with Crippen molar-refractivity contribution in [3.63, 3.8) is 0 Å². The van der Waals surface area contributed by atoms with E-state index in [2.05, 4.69) is 260 Å². The fourth-order valence-corrected chi connectivity index (χ4v) is 10.4. The summed E-state index contributed by atoms with van der Waals surface area (Å²) in [5.41, 5.74) is 18.4. The summed E-state index contributed by atoms with van der Waals surface area (Å²) in [5, 5.41) is 14.0. The average Bonchev–Trinajstić information content (AvgIpc) is 4.16. The summed E-state index contributed by atoms with van der Waals surface area (Å²) >= 11 is 3.70. The Balaban J connectivity index is 1.58. The third-order valence-corrected chi connectivity index (χ3v) is 15.6. The Labute approximate surface area is 459 Å². The second-order valence-electron chi connectivity index (χ2n) is 27.3. The van der Waals surface area contributed by atoms with Gasteiger partial charge in [-0.15, -0.1) is 0 Å². The van der Waals surface area contributed by atoms with E-state index >= 15 is 0 Å². The van der Waals surface area contributed by atoms with Crippen LogP contribution in [0.15, 0.2) is 102 Å². The van der Waals surface area contributed by atoms with Crippen molar-refractivity contribution in [1.82, 2.24) is 19.9 Å². The molecule has 4 aromatic carbocycles.